The molecule has 1 rings (SSSR count). The van der Waals surface area contributed by atoms with E-state index in [9.17, 15) is 0 Å². The predicted octanol–water partition coefficient (Wildman–Crippen LogP) is -0.511. The molecular formula is C8H13LiOSi. The molecule has 0 aliphatic heterocycles. The maximum absolute atomic E-state index is 5.66. The van der Waals surface area contributed by atoms with Gasteiger partial charge in [0, 0.05) is 0 Å². The van der Waals surface area contributed by atoms with Crippen LogP contribution in [0, 0.1) is 6.08 Å². The molecule has 0 heterocycles. The fourth-order valence-corrected chi connectivity index (χ4v) is 1.58. The van der Waals surface area contributed by atoms with Gasteiger partial charge in [0.1, 0.15) is 0 Å². The van der Waals surface area contributed by atoms with Gasteiger partial charge < -0.3 is 4.43 Å². The number of hydrogen-bond acceptors (Lipinski definition) is 1. The van der Waals surface area contributed by atoms with Crippen LogP contribution in [-0.2, 0) is 4.43 Å². The molecule has 11 heavy (non-hydrogen) atoms. The van der Waals surface area contributed by atoms with Crippen molar-refractivity contribution >= 4 is 8.32 Å². The van der Waals surface area contributed by atoms with Crippen molar-refractivity contribution in [2.24, 2.45) is 0 Å². The summed E-state index contributed by atoms with van der Waals surface area (Å²) in [6.45, 7) is 6.52. The Morgan fingerprint density at radius 1 is 1.45 bits per heavy atom. The van der Waals surface area contributed by atoms with Crippen molar-refractivity contribution in [1.29, 1.82) is 0 Å². The molecule has 0 aromatic rings. The van der Waals surface area contributed by atoms with Gasteiger partial charge in [0.2, 0.25) is 8.32 Å². The Bertz CT molecular complexity index is 179. The molecule has 1 aliphatic rings. The van der Waals surface area contributed by atoms with Gasteiger partial charge in [-0.25, -0.2) is 6.08 Å². The van der Waals surface area contributed by atoms with Crippen LogP contribution in [-0.4, -0.2) is 8.32 Å². The third kappa shape index (κ3) is 4.52. The molecule has 0 saturated carbocycles. The molecule has 0 spiro atoms. The molecular weight excluding hydrogens is 147 g/mol. The molecule has 56 valence electrons. The van der Waals surface area contributed by atoms with Crippen molar-refractivity contribution in [1.82, 2.24) is 0 Å². The molecule has 1 nitrogen and oxygen atoms in total. The molecule has 0 aromatic carbocycles. The monoisotopic (exact) mass is 160 g/mol. The minimum atomic E-state index is -1.37. The Labute approximate surface area is 81.8 Å². The van der Waals surface area contributed by atoms with Crippen molar-refractivity contribution in [3.63, 3.8) is 0 Å². The third-order valence-electron chi connectivity index (χ3n) is 1.08. The van der Waals surface area contributed by atoms with E-state index in [1.807, 2.05) is 6.08 Å². The Balaban J connectivity index is 0.000001000. The van der Waals surface area contributed by atoms with Gasteiger partial charge in [-0.3, -0.25) is 0 Å². The first-order chi connectivity index (χ1) is 4.58. The van der Waals surface area contributed by atoms with Gasteiger partial charge in [-0.2, -0.15) is 12.2 Å². The summed E-state index contributed by atoms with van der Waals surface area (Å²) in [6, 6.07) is 0. The van der Waals surface area contributed by atoms with Crippen LogP contribution in [0.3, 0.4) is 0 Å². The standard InChI is InChI=1S/C8H13OSi.Li/c1-10(2,3)9-8-6-4-5-7-8;/h4,6H,5H2,1-3H3;/q-1;+1. The van der Waals surface area contributed by atoms with Crippen LogP contribution in [0.25, 0.3) is 0 Å². The van der Waals surface area contributed by atoms with E-state index >= 15 is 0 Å². The molecule has 0 aromatic heterocycles. The summed E-state index contributed by atoms with van der Waals surface area (Å²) in [6.07, 6.45) is 8.11. The maximum Gasteiger partial charge on any atom is 1.00 e. The Kier molecular flexibility index (Phi) is 4.24. The van der Waals surface area contributed by atoms with Crippen LogP contribution in [0.1, 0.15) is 6.42 Å². The molecule has 0 N–H and O–H groups in total. The van der Waals surface area contributed by atoms with E-state index in [0.29, 0.717) is 0 Å². The number of hydrogen-bond donors (Lipinski definition) is 0. The fraction of sp³-hybridized carbons (Fsp3) is 0.500. The van der Waals surface area contributed by atoms with Crippen molar-refractivity contribution in [2.45, 2.75) is 26.1 Å². The first-order valence-corrected chi connectivity index (χ1v) is 6.95. The maximum atomic E-state index is 5.66. The first kappa shape index (κ1) is 11.1. The topological polar surface area (TPSA) is 9.23 Å². The zero-order chi connectivity index (χ0) is 7.61. The van der Waals surface area contributed by atoms with Crippen LogP contribution in [0.2, 0.25) is 19.6 Å². The molecule has 0 atom stereocenters. The van der Waals surface area contributed by atoms with Gasteiger partial charge in [-0.05, 0) is 19.6 Å². The van der Waals surface area contributed by atoms with Crippen LogP contribution in [0.4, 0.5) is 0 Å². The van der Waals surface area contributed by atoms with Gasteiger partial charge >= 0.3 is 18.9 Å². The SMILES string of the molecule is C[Si](C)(C)OC1=[C-]CC=C1.[Li+]. The van der Waals surface area contributed by atoms with E-state index < -0.39 is 8.32 Å². The molecule has 0 fully saturated rings. The zero-order valence-electron chi connectivity index (χ0n) is 7.77. The van der Waals surface area contributed by atoms with Crippen LogP contribution >= 0.6 is 0 Å². The zero-order valence-corrected chi connectivity index (χ0v) is 8.77. The van der Waals surface area contributed by atoms with E-state index in [1.54, 1.807) is 0 Å². The average Bonchev–Trinajstić information content (AvgIpc) is 2.12. The summed E-state index contributed by atoms with van der Waals surface area (Å²) >= 11 is 0. The minimum absolute atomic E-state index is 0. The molecule has 1 aliphatic carbocycles. The van der Waals surface area contributed by atoms with E-state index in [0.717, 1.165) is 12.2 Å². The molecule has 0 saturated heterocycles. The van der Waals surface area contributed by atoms with Crippen molar-refractivity contribution in [3.8, 4) is 0 Å². The Morgan fingerprint density at radius 2 is 2.09 bits per heavy atom. The van der Waals surface area contributed by atoms with Gasteiger partial charge in [0.05, 0.1) is 0 Å². The van der Waals surface area contributed by atoms with Gasteiger partial charge in [0.15, 0.2) is 0 Å². The van der Waals surface area contributed by atoms with Crippen LogP contribution < -0.4 is 18.9 Å². The minimum Gasteiger partial charge on any atom is -0.577 e. The smallest absolute Gasteiger partial charge is 0.577 e. The van der Waals surface area contributed by atoms with Crippen molar-refractivity contribution in [3.05, 3.63) is 24.0 Å². The second kappa shape index (κ2) is 4.20. The summed E-state index contributed by atoms with van der Waals surface area (Å²) in [4.78, 5) is 0. The van der Waals surface area contributed by atoms with Gasteiger partial charge in [-0.1, -0.05) is 5.76 Å². The number of allylic oxidation sites excluding steroid dienone is 3. The quantitative estimate of drug-likeness (QED) is 0.390. The summed E-state index contributed by atoms with van der Waals surface area (Å²) in [5.74, 6) is 0.944. The molecule has 0 radical (unpaired) electrons. The molecule has 0 amide bonds. The molecule has 0 unspecified atom stereocenters. The second-order valence-corrected chi connectivity index (χ2v) is 7.79. The summed E-state index contributed by atoms with van der Waals surface area (Å²) < 4.78 is 5.66. The number of rotatable bonds is 2. The average molecular weight is 160 g/mol. The summed E-state index contributed by atoms with van der Waals surface area (Å²) in [5.41, 5.74) is 0. The Hall–Kier alpha value is 0.0943. The van der Waals surface area contributed by atoms with Crippen LogP contribution in [0.5, 0.6) is 0 Å². The van der Waals surface area contributed by atoms with Crippen molar-refractivity contribution < 1.29 is 23.3 Å². The predicted molar refractivity (Wildman–Crippen MR) is 44.9 cm³/mol. The van der Waals surface area contributed by atoms with Crippen molar-refractivity contribution in [2.75, 3.05) is 0 Å². The summed E-state index contributed by atoms with van der Waals surface area (Å²) in [5, 5.41) is 0. The van der Waals surface area contributed by atoms with E-state index in [2.05, 4.69) is 31.8 Å². The third-order valence-corrected chi connectivity index (χ3v) is 1.91. The van der Waals surface area contributed by atoms with Gasteiger partial charge in [0.25, 0.3) is 0 Å². The normalized spacial score (nSPS) is 15.7. The first-order valence-electron chi connectivity index (χ1n) is 3.54. The molecule has 3 heteroatoms. The summed E-state index contributed by atoms with van der Waals surface area (Å²) in [7, 11) is -1.37. The second-order valence-electron chi connectivity index (χ2n) is 3.36. The van der Waals surface area contributed by atoms with Crippen LogP contribution in [0.15, 0.2) is 17.9 Å². The van der Waals surface area contributed by atoms with Gasteiger partial charge in [-0.15, -0.1) is 6.42 Å². The van der Waals surface area contributed by atoms with E-state index in [-0.39, 0.29) is 18.9 Å². The largest absolute Gasteiger partial charge is 1.00 e. The fourth-order valence-electron chi connectivity index (χ4n) is 0.784. The van der Waals surface area contributed by atoms with E-state index in [4.69, 9.17) is 4.43 Å². The van der Waals surface area contributed by atoms with E-state index in [1.165, 1.54) is 0 Å². The molecule has 0 bridgehead atoms. The Morgan fingerprint density at radius 3 is 2.45 bits per heavy atom.